The summed E-state index contributed by atoms with van der Waals surface area (Å²) in [4.78, 5) is 10.1. The highest BCUT2D eigenvalue weighted by Gasteiger charge is 2.52. The number of likely N-dealkylation sites (tertiary alicyclic amines) is 1. The number of hydrogen-bond donors (Lipinski definition) is 1. The van der Waals surface area contributed by atoms with Crippen LogP contribution in [0.15, 0.2) is 36.5 Å². The summed E-state index contributed by atoms with van der Waals surface area (Å²) in [6.07, 6.45) is 4.85. The second kappa shape index (κ2) is 5.52. The molecule has 1 spiro atoms. The molecule has 1 aromatic carbocycles. The fraction of sp³-hybridized carbons (Fsp3) is 0.500. The van der Waals surface area contributed by atoms with Gasteiger partial charge in [-0.2, -0.15) is 0 Å². The van der Waals surface area contributed by atoms with Crippen molar-refractivity contribution < 1.29 is 4.74 Å². The van der Waals surface area contributed by atoms with Crippen LogP contribution in [-0.2, 0) is 17.9 Å². The van der Waals surface area contributed by atoms with E-state index in [-0.39, 0.29) is 0 Å². The highest BCUT2D eigenvalue weighted by Crippen LogP contribution is 2.50. The first-order chi connectivity index (χ1) is 10.7. The lowest BCUT2D eigenvalue weighted by atomic mass is 9.61. The minimum absolute atomic E-state index is 0.455. The number of rotatable bonds is 5. The molecule has 2 aromatic rings. The molecule has 1 saturated carbocycles. The lowest BCUT2D eigenvalue weighted by molar-refractivity contribution is -0.157. The number of imidazole rings is 1. The predicted octanol–water partition coefficient (Wildman–Crippen LogP) is 2.90. The summed E-state index contributed by atoms with van der Waals surface area (Å²) < 4.78 is 6.02. The molecular weight excluding hydrogens is 274 g/mol. The Bertz CT molecular complexity index is 623. The van der Waals surface area contributed by atoms with Crippen molar-refractivity contribution >= 4 is 0 Å². The molecule has 1 aliphatic heterocycles. The second-order valence-electron chi connectivity index (χ2n) is 6.97. The van der Waals surface area contributed by atoms with Crippen molar-refractivity contribution in [2.24, 2.45) is 5.41 Å². The second-order valence-corrected chi connectivity index (χ2v) is 6.97. The topological polar surface area (TPSA) is 41.2 Å². The minimum atomic E-state index is 0.455. The van der Waals surface area contributed by atoms with Crippen LogP contribution in [0.1, 0.15) is 29.9 Å². The molecule has 0 radical (unpaired) electrons. The number of nitrogens with zero attached hydrogens (tertiary/aromatic N) is 2. The van der Waals surface area contributed by atoms with Gasteiger partial charge in [0, 0.05) is 36.9 Å². The van der Waals surface area contributed by atoms with E-state index in [9.17, 15) is 0 Å². The van der Waals surface area contributed by atoms with Crippen molar-refractivity contribution in [1.82, 2.24) is 14.9 Å². The quantitative estimate of drug-likeness (QED) is 0.922. The van der Waals surface area contributed by atoms with E-state index >= 15 is 0 Å². The Kier molecular flexibility index (Phi) is 3.51. The zero-order valence-electron chi connectivity index (χ0n) is 13.1. The largest absolute Gasteiger partial charge is 0.373 e. The van der Waals surface area contributed by atoms with Crippen LogP contribution in [0, 0.1) is 12.3 Å². The normalized spacial score (nSPS) is 20.8. The fourth-order valence-electron chi connectivity index (χ4n) is 3.88. The van der Waals surface area contributed by atoms with E-state index < -0.39 is 0 Å². The van der Waals surface area contributed by atoms with E-state index in [0.717, 1.165) is 19.0 Å². The predicted molar refractivity (Wildman–Crippen MR) is 85.3 cm³/mol. The molecule has 0 atom stereocenters. The molecular formula is C18H23N3O. The van der Waals surface area contributed by atoms with E-state index in [2.05, 4.69) is 39.1 Å². The summed E-state index contributed by atoms with van der Waals surface area (Å²) in [7, 11) is 0. The molecule has 2 aliphatic rings. The Labute approximate surface area is 131 Å². The van der Waals surface area contributed by atoms with E-state index in [4.69, 9.17) is 4.74 Å². The Balaban J connectivity index is 1.19. The molecule has 22 heavy (non-hydrogen) atoms. The SMILES string of the molecule is Cc1ncc(CN2CC3(CC(OCc4ccccc4)C3)C2)[nH]1. The molecule has 1 aromatic heterocycles. The number of aromatic amines is 1. The van der Waals surface area contributed by atoms with Gasteiger partial charge in [-0.05, 0) is 25.3 Å². The Morgan fingerprint density at radius 1 is 1.27 bits per heavy atom. The molecule has 4 nitrogen and oxygen atoms in total. The summed E-state index contributed by atoms with van der Waals surface area (Å²) >= 11 is 0. The average molecular weight is 297 g/mol. The molecule has 1 aliphatic carbocycles. The summed E-state index contributed by atoms with van der Waals surface area (Å²) in [5, 5.41) is 0. The number of nitrogens with one attached hydrogen (secondary N) is 1. The lowest BCUT2D eigenvalue weighted by Gasteiger charge is -2.58. The zero-order valence-corrected chi connectivity index (χ0v) is 13.1. The third-order valence-corrected chi connectivity index (χ3v) is 4.92. The molecule has 0 unspecified atom stereocenters. The molecule has 1 saturated heterocycles. The van der Waals surface area contributed by atoms with Crippen LogP contribution >= 0.6 is 0 Å². The summed E-state index contributed by atoms with van der Waals surface area (Å²) in [6.45, 7) is 6.16. The van der Waals surface area contributed by atoms with E-state index in [1.807, 2.05) is 19.2 Å². The summed E-state index contributed by atoms with van der Waals surface area (Å²) in [5.41, 5.74) is 3.04. The van der Waals surface area contributed by atoms with Crippen molar-refractivity contribution in [2.75, 3.05) is 13.1 Å². The molecule has 2 fully saturated rings. The first kappa shape index (κ1) is 14.0. The fourth-order valence-corrected chi connectivity index (χ4v) is 3.88. The molecule has 0 amide bonds. The van der Waals surface area contributed by atoms with E-state index in [1.54, 1.807) is 0 Å². The molecule has 116 valence electrons. The Hall–Kier alpha value is -1.65. The van der Waals surface area contributed by atoms with Crippen LogP contribution in [0.3, 0.4) is 0 Å². The molecule has 2 heterocycles. The van der Waals surface area contributed by atoms with Gasteiger partial charge in [0.15, 0.2) is 0 Å². The van der Waals surface area contributed by atoms with Crippen LogP contribution in [-0.4, -0.2) is 34.1 Å². The minimum Gasteiger partial charge on any atom is -0.373 e. The highest BCUT2D eigenvalue weighted by molar-refractivity contribution is 5.14. The van der Waals surface area contributed by atoms with Crippen molar-refractivity contribution in [3.8, 4) is 0 Å². The molecule has 1 N–H and O–H groups in total. The van der Waals surface area contributed by atoms with Gasteiger partial charge in [0.05, 0.1) is 12.7 Å². The van der Waals surface area contributed by atoms with Gasteiger partial charge >= 0.3 is 0 Å². The molecule has 4 rings (SSSR count). The van der Waals surface area contributed by atoms with Crippen LogP contribution in [0.4, 0.5) is 0 Å². The van der Waals surface area contributed by atoms with Gasteiger partial charge in [0.1, 0.15) is 5.82 Å². The lowest BCUT2D eigenvalue weighted by Crippen LogP contribution is -2.63. The van der Waals surface area contributed by atoms with Crippen LogP contribution < -0.4 is 0 Å². The molecule has 4 heteroatoms. The standard InChI is InChI=1S/C18H23N3O/c1-14-19-9-16(20-14)10-21-12-18(13-21)7-17(8-18)22-11-15-5-3-2-4-6-15/h2-6,9,17H,7-8,10-13H2,1H3,(H,19,20). The number of aromatic nitrogens is 2. The van der Waals surface area contributed by atoms with Gasteiger partial charge in [-0.3, -0.25) is 4.90 Å². The van der Waals surface area contributed by atoms with Crippen molar-refractivity contribution in [1.29, 1.82) is 0 Å². The zero-order chi connectivity index (χ0) is 15.0. The van der Waals surface area contributed by atoms with Gasteiger partial charge in [-0.1, -0.05) is 30.3 Å². The van der Waals surface area contributed by atoms with Crippen molar-refractivity contribution in [3.63, 3.8) is 0 Å². The van der Waals surface area contributed by atoms with Gasteiger partial charge in [0.2, 0.25) is 0 Å². The third kappa shape index (κ3) is 2.81. The van der Waals surface area contributed by atoms with Crippen molar-refractivity contribution in [2.45, 2.75) is 39.0 Å². The highest BCUT2D eigenvalue weighted by atomic mass is 16.5. The van der Waals surface area contributed by atoms with Gasteiger partial charge in [0.25, 0.3) is 0 Å². The van der Waals surface area contributed by atoms with E-state index in [0.29, 0.717) is 11.5 Å². The number of ether oxygens (including phenoxy) is 1. The average Bonchev–Trinajstić information content (AvgIpc) is 2.85. The number of benzene rings is 1. The van der Waals surface area contributed by atoms with Gasteiger partial charge in [-0.25, -0.2) is 4.98 Å². The maximum atomic E-state index is 6.02. The van der Waals surface area contributed by atoms with Crippen molar-refractivity contribution in [3.05, 3.63) is 53.6 Å². The van der Waals surface area contributed by atoms with Gasteiger partial charge < -0.3 is 9.72 Å². The molecule has 0 bridgehead atoms. The number of hydrogen-bond acceptors (Lipinski definition) is 3. The monoisotopic (exact) mass is 297 g/mol. The Morgan fingerprint density at radius 2 is 2.05 bits per heavy atom. The maximum absolute atomic E-state index is 6.02. The van der Waals surface area contributed by atoms with Crippen LogP contribution in [0.5, 0.6) is 0 Å². The Morgan fingerprint density at radius 3 is 2.73 bits per heavy atom. The number of H-pyrrole nitrogens is 1. The van der Waals surface area contributed by atoms with E-state index in [1.165, 1.54) is 37.2 Å². The first-order valence-electron chi connectivity index (χ1n) is 8.09. The maximum Gasteiger partial charge on any atom is 0.103 e. The summed E-state index contributed by atoms with van der Waals surface area (Å²) in [6, 6.07) is 10.5. The van der Waals surface area contributed by atoms with Crippen LogP contribution in [0.25, 0.3) is 0 Å². The summed E-state index contributed by atoms with van der Waals surface area (Å²) in [5.74, 6) is 1.00. The van der Waals surface area contributed by atoms with Crippen LogP contribution in [0.2, 0.25) is 0 Å². The third-order valence-electron chi connectivity index (χ3n) is 4.92. The van der Waals surface area contributed by atoms with Gasteiger partial charge in [-0.15, -0.1) is 0 Å². The smallest absolute Gasteiger partial charge is 0.103 e. The number of aryl methyl sites for hydroxylation is 1. The first-order valence-corrected chi connectivity index (χ1v) is 8.09.